The Morgan fingerprint density at radius 2 is 1.45 bits per heavy atom. The van der Waals surface area contributed by atoms with Crippen molar-refractivity contribution in [2.24, 2.45) is 11.8 Å². The number of rotatable bonds is 5. The molecule has 2 aliphatic carbocycles. The first-order valence-corrected chi connectivity index (χ1v) is 9.39. The van der Waals surface area contributed by atoms with Gasteiger partial charge >= 0.3 is 0 Å². The Hall–Kier alpha value is -0.0800. The molecule has 20 heavy (non-hydrogen) atoms. The summed E-state index contributed by atoms with van der Waals surface area (Å²) in [5, 5.41) is 3.95. The molecule has 0 aromatic heterocycles. The van der Waals surface area contributed by atoms with Crippen molar-refractivity contribution in [2.45, 2.75) is 76.7 Å². The molecule has 116 valence electrons. The Morgan fingerprint density at radius 3 is 2.25 bits per heavy atom. The van der Waals surface area contributed by atoms with Gasteiger partial charge in [-0.2, -0.15) is 0 Å². The minimum atomic E-state index is 0.842. The number of nitrogens with one attached hydrogen (secondary N) is 1. The van der Waals surface area contributed by atoms with Crippen LogP contribution in [-0.4, -0.2) is 37.1 Å². The Balaban J connectivity index is 1.44. The summed E-state index contributed by atoms with van der Waals surface area (Å²) in [6.45, 7) is 5.21. The van der Waals surface area contributed by atoms with E-state index in [2.05, 4.69) is 10.2 Å². The van der Waals surface area contributed by atoms with Crippen molar-refractivity contribution in [2.75, 3.05) is 26.2 Å². The molecule has 0 amide bonds. The third kappa shape index (κ3) is 3.98. The van der Waals surface area contributed by atoms with Gasteiger partial charge in [0.1, 0.15) is 0 Å². The fraction of sp³-hybridized carbons (Fsp3) is 1.00. The lowest BCUT2D eigenvalue weighted by Crippen LogP contribution is -2.44. The first-order chi connectivity index (χ1) is 9.93. The monoisotopic (exact) mass is 278 g/mol. The minimum Gasteiger partial charge on any atom is -0.312 e. The molecule has 2 saturated carbocycles. The highest BCUT2D eigenvalue weighted by Gasteiger charge is 2.32. The van der Waals surface area contributed by atoms with Gasteiger partial charge in [0.15, 0.2) is 0 Å². The first-order valence-electron chi connectivity index (χ1n) is 9.39. The maximum atomic E-state index is 3.95. The molecule has 0 bridgehead atoms. The van der Waals surface area contributed by atoms with Gasteiger partial charge in [0.2, 0.25) is 0 Å². The van der Waals surface area contributed by atoms with Gasteiger partial charge in [-0.05, 0) is 50.6 Å². The molecular weight excluding hydrogens is 244 g/mol. The molecule has 1 N–H and O–H groups in total. The number of hydrogen-bond donors (Lipinski definition) is 1. The van der Waals surface area contributed by atoms with Gasteiger partial charge < -0.3 is 10.2 Å². The molecule has 0 aromatic rings. The molecule has 1 aliphatic heterocycles. The summed E-state index contributed by atoms with van der Waals surface area (Å²) in [5.74, 6) is 2.05. The van der Waals surface area contributed by atoms with Crippen molar-refractivity contribution in [3.8, 4) is 0 Å². The topological polar surface area (TPSA) is 15.3 Å². The van der Waals surface area contributed by atoms with E-state index >= 15 is 0 Å². The van der Waals surface area contributed by atoms with Gasteiger partial charge in [-0.15, -0.1) is 0 Å². The predicted octanol–water partition coefficient (Wildman–Crippen LogP) is 3.81. The van der Waals surface area contributed by atoms with E-state index in [4.69, 9.17) is 0 Å². The Labute approximate surface area is 125 Å². The van der Waals surface area contributed by atoms with Crippen LogP contribution in [0.2, 0.25) is 0 Å². The minimum absolute atomic E-state index is 0.842. The van der Waals surface area contributed by atoms with Crippen molar-refractivity contribution in [1.29, 1.82) is 0 Å². The molecule has 2 nitrogen and oxygen atoms in total. The summed E-state index contributed by atoms with van der Waals surface area (Å²) in [4.78, 5) is 2.64. The fourth-order valence-corrected chi connectivity index (χ4v) is 4.95. The first kappa shape index (κ1) is 14.8. The number of hydrogen-bond acceptors (Lipinski definition) is 2. The second-order valence-corrected chi connectivity index (χ2v) is 7.46. The highest BCUT2D eigenvalue weighted by molar-refractivity contribution is 4.87. The number of nitrogens with zero attached hydrogens (tertiary/aromatic N) is 1. The van der Waals surface area contributed by atoms with Crippen LogP contribution in [0, 0.1) is 11.8 Å². The predicted molar refractivity (Wildman–Crippen MR) is 86.0 cm³/mol. The molecule has 1 saturated heterocycles. The van der Waals surface area contributed by atoms with E-state index in [-0.39, 0.29) is 0 Å². The zero-order valence-electron chi connectivity index (χ0n) is 13.3. The maximum Gasteiger partial charge on any atom is 0.0107 e. The van der Waals surface area contributed by atoms with E-state index in [1.54, 1.807) is 0 Å². The molecular formula is C18H34N2. The van der Waals surface area contributed by atoms with Crippen molar-refractivity contribution >= 4 is 0 Å². The molecule has 2 unspecified atom stereocenters. The molecule has 2 heteroatoms. The van der Waals surface area contributed by atoms with Crippen LogP contribution in [0.15, 0.2) is 0 Å². The summed E-state index contributed by atoms with van der Waals surface area (Å²) >= 11 is 0. The molecule has 3 fully saturated rings. The van der Waals surface area contributed by atoms with E-state index in [0.29, 0.717) is 0 Å². The lowest BCUT2D eigenvalue weighted by Gasteiger charge is -2.39. The second-order valence-electron chi connectivity index (χ2n) is 7.46. The SMILES string of the molecule is C1CCC(C2CCCCC2NCCN2CCCC2)CC1. The van der Waals surface area contributed by atoms with Crippen molar-refractivity contribution in [3.63, 3.8) is 0 Å². The smallest absolute Gasteiger partial charge is 0.0107 e. The summed E-state index contributed by atoms with van der Waals surface area (Å²) in [6.07, 6.45) is 16.3. The van der Waals surface area contributed by atoms with Crippen LogP contribution in [0.4, 0.5) is 0 Å². The maximum absolute atomic E-state index is 3.95. The van der Waals surface area contributed by atoms with Crippen LogP contribution in [0.25, 0.3) is 0 Å². The normalized spacial score (nSPS) is 33.6. The number of likely N-dealkylation sites (tertiary alicyclic amines) is 1. The lowest BCUT2D eigenvalue weighted by atomic mass is 9.71. The standard InChI is InChI=1S/C18H34N2/c1-2-8-16(9-3-1)17-10-4-5-11-18(17)19-12-15-20-13-6-7-14-20/h16-19H,1-15H2. The van der Waals surface area contributed by atoms with Crippen LogP contribution in [-0.2, 0) is 0 Å². The van der Waals surface area contributed by atoms with Gasteiger partial charge in [0, 0.05) is 19.1 Å². The van der Waals surface area contributed by atoms with Crippen molar-refractivity contribution < 1.29 is 0 Å². The summed E-state index contributed by atoms with van der Waals surface area (Å²) in [6, 6.07) is 0.842. The lowest BCUT2D eigenvalue weighted by molar-refractivity contribution is 0.147. The average Bonchev–Trinajstić information content (AvgIpc) is 3.02. The van der Waals surface area contributed by atoms with E-state index in [0.717, 1.165) is 17.9 Å². The third-order valence-corrected chi connectivity index (χ3v) is 6.11. The highest BCUT2D eigenvalue weighted by atomic mass is 15.2. The van der Waals surface area contributed by atoms with Gasteiger partial charge in [-0.1, -0.05) is 44.9 Å². The van der Waals surface area contributed by atoms with Crippen LogP contribution in [0.5, 0.6) is 0 Å². The quantitative estimate of drug-likeness (QED) is 0.822. The molecule has 0 radical (unpaired) electrons. The summed E-state index contributed by atoms with van der Waals surface area (Å²) in [5.41, 5.74) is 0. The van der Waals surface area contributed by atoms with Gasteiger partial charge in [0.25, 0.3) is 0 Å². The Bertz CT molecular complexity index is 267. The van der Waals surface area contributed by atoms with Crippen LogP contribution >= 0.6 is 0 Å². The average molecular weight is 278 g/mol. The van der Waals surface area contributed by atoms with E-state index < -0.39 is 0 Å². The molecule has 3 rings (SSSR count). The Morgan fingerprint density at radius 1 is 0.750 bits per heavy atom. The van der Waals surface area contributed by atoms with Crippen LogP contribution in [0.3, 0.4) is 0 Å². The van der Waals surface area contributed by atoms with Gasteiger partial charge in [0.05, 0.1) is 0 Å². The van der Waals surface area contributed by atoms with E-state index in [9.17, 15) is 0 Å². The molecule has 1 heterocycles. The zero-order valence-corrected chi connectivity index (χ0v) is 13.3. The largest absolute Gasteiger partial charge is 0.312 e. The van der Waals surface area contributed by atoms with Crippen LogP contribution < -0.4 is 5.32 Å². The van der Waals surface area contributed by atoms with E-state index in [1.165, 1.54) is 96.8 Å². The zero-order chi connectivity index (χ0) is 13.6. The van der Waals surface area contributed by atoms with Crippen molar-refractivity contribution in [1.82, 2.24) is 10.2 Å². The van der Waals surface area contributed by atoms with Crippen LogP contribution in [0.1, 0.15) is 70.6 Å². The fourth-order valence-electron chi connectivity index (χ4n) is 4.95. The summed E-state index contributed by atoms with van der Waals surface area (Å²) < 4.78 is 0. The molecule has 2 atom stereocenters. The van der Waals surface area contributed by atoms with Gasteiger partial charge in [-0.3, -0.25) is 0 Å². The van der Waals surface area contributed by atoms with E-state index in [1.807, 2.05) is 0 Å². The summed E-state index contributed by atoms with van der Waals surface area (Å²) in [7, 11) is 0. The molecule has 0 aromatic carbocycles. The molecule has 3 aliphatic rings. The highest BCUT2D eigenvalue weighted by Crippen LogP contribution is 2.38. The van der Waals surface area contributed by atoms with Crippen molar-refractivity contribution in [3.05, 3.63) is 0 Å². The third-order valence-electron chi connectivity index (χ3n) is 6.11. The molecule has 0 spiro atoms. The second kappa shape index (κ2) is 7.79. The Kier molecular flexibility index (Phi) is 5.78. The van der Waals surface area contributed by atoms with Gasteiger partial charge in [-0.25, -0.2) is 0 Å².